The van der Waals surface area contributed by atoms with Crippen molar-refractivity contribution in [3.05, 3.63) is 29.8 Å². The fraction of sp³-hybridized carbons (Fsp3) is 0.633. The summed E-state index contributed by atoms with van der Waals surface area (Å²) in [5, 5.41) is 29.0. The van der Waals surface area contributed by atoms with Crippen LogP contribution in [0.15, 0.2) is 24.3 Å². The smallest absolute Gasteiger partial charge is 0.409 e. The fourth-order valence-corrected chi connectivity index (χ4v) is 4.12. The molecule has 0 saturated heterocycles. The summed E-state index contributed by atoms with van der Waals surface area (Å²) < 4.78 is 5.29. The Hall–Kier alpha value is -3.99. The Morgan fingerprint density at radius 2 is 1.59 bits per heavy atom. The summed E-state index contributed by atoms with van der Waals surface area (Å²) in [7, 11) is 3.03. The molecule has 260 valence electrons. The monoisotopic (exact) mass is 652 g/mol. The van der Waals surface area contributed by atoms with Gasteiger partial charge in [0.25, 0.3) is 0 Å². The van der Waals surface area contributed by atoms with Crippen LogP contribution in [-0.2, 0) is 25.7 Å². The third-order valence-electron chi connectivity index (χ3n) is 7.05. The van der Waals surface area contributed by atoms with Crippen LogP contribution in [0.1, 0.15) is 57.9 Å². The number of amides is 6. The number of nitrogens with one attached hydrogen (secondary N) is 4. The van der Waals surface area contributed by atoms with Gasteiger partial charge in [0, 0.05) is 38.8 Å². The summed E-state index contributed by atoms with van der Waals surface area (Å²) in [6.07, 6.45) is 0.851. The molecule has 0 saturated carbocycles. The number of benzene rings is 1. The van der Waals surface area contributed by atoms with Crippen molar-refractivity contribution in [2.45, 2.75) is 77.5 Å². The second kappa shape index (κ2) is 21.7. The number of carbonyl (C=O) groups excluding carboxylic acids is 5. The Labute approximate surface area is 270 Å². The lowest BCUT2D eigenvalue weighted by Gasteiger charge is -2.25. The number of aliphatic hydroxyl groups is 2. The van der Waals surface area contributed by atoms with Crippen molar-refractivity contribution in [1.82, 2.24) is 25.8 Å². The second-order valence-electron chi connectivity index (χ2n) is 11.4. The fourth-order valence-electron chi connectivity index (χ4n) is 4.12. The third-order valence-corrected chi connectivity index (χ3v) is 7.05. The van der Waals surface area contributed by atoms with Crippen LogP contribution in [0.4, 0.5) is 15.3 Å². The predicted molar refractivity (Wildman–Crippen MR) is 172 cm³/mol. The van der Waals surface area contributed by atoms with Gasteiger partial charge in [0.1, 0.15) is 18.7 Å². The van der Waals surface area contributed by atoms with Crippen molar-refractivity contribution in [1.29, 1.82) is 0 Å². The van der Waals surface area contributed by atoms with Crippen molar-refractivity contribution >= 4 is 35.5 Å². The molecular weight excluding hydrogens is 600 g/mol. The first-order valence-corrected chi connectivity index (χ1v) is 15.4. The van der Waals surface area contributed by atoms with Crippen molar-refractivity contribution in [2.75, 3.05) is 45.6 Å². The molecule has 16 nitrogen and oxygen atoms in total. The highest BCUT2D eigenvalue weighted by molar-refractivity contribution is 5.98. The van der Waals surface area contributed by atoms with Gasteiger partial charge in [-0.15, -0.1) is 0 Å². The van der Waals surface area contributed by atoms with Gasteiger partial charge in [-0.25, -0.2) is 9.59 Å². The Morgan fingerprint density at radius 1 is 0.913 bits per heavy atom. The van der Waals surface area contributed by atoms with E-state index >= 15 is 0 Å². The average molecular weight is 653 g/mol. The number of hydrogen-bond donors (Lipinski definition) is 8. The molecule has 0 fully saturated rings. The van der Waals surface area contributed by atoms with E-state index in [1.54, 1.807) is 38.1 Å². The van der Waals surface area contributed by atoms with Crippen LogP contribution < -0.4 is 32.7 Å². The van der Waals surface area contributed by atoms with Crippen molar-refractivity contribution < 1.29 is 38.9 Å². The first-order valence-electron chi connectivity index (χ1n) is 15.4. The highest BCUT2D eigenvalue weighted by Gasteiger charge is 2.28. The summed E-state index contributed by atoms with van der Waals surface area (Å²) in [4.78, 5) is 64.9. The first kappa shape index (κ1) is 40.0. The number of aliphatic hydroxyl groups excluding tert-OH is 1. The van der Waals surface area contributed by atoms with Crippen molar-refractivity contribution in [3.8, 4) is 0 Å². The van der Waals surface area contributed by atoms with Gasteiger partial charge in [0.05, 0.1) is 0 Å². The number of nitrogens with zero attached hydrogens (tertiary/aromatic N) is 2. The lowest BCUT2D eigenvalue weighted by molar-refractivity contribution is -0.145. The van der Waals surface area contributed by atoms with Gasteiger partial charge in [-0.05, 0) is 62.9 Å². The van der Waals surface area contributed by atoms with E-state index in [-0.39, 0.29) is 50.9 Å². The van der Waals surface area contributed by atoms with E-state index in [4.69, 9.17) is 26.4 Å². The maximum absolute atomic E-state index is 13.3. The Bertz CT molecular complexity index is 1100. The molecule has 1 aromatic carbocycles. The zero-order chi connectivity index (χ0) is 34.6. The maximum atomic E-state index is 13.3. The van der Waals surface area contributed by atoms with Gasteiger partial charge in [0.2, 0.25) is 24.1 Å². The summed E-state index contributed by atoms with van der Waals surface area (Å²) in [5.41, 5.74) is 11.7. The zero-order valence-electron chi connectivity index (χ0n) is 27.3. The highest BCUT2D eigenvalue weighted by Crippen LogP contribution is 2.13. The van der Waals surface area contributed by atoms with Gasteiger partial charge in [-0.3, -0.25) is 19.3 Å². The van der Waals surface area contributed by atoms with Crippen LogP contribution in [0.2, 0.25) is 0 Å². The van der Waals surface area contributed by atoms with Gasteiger partial charge >= 0.3 is 12.1 Å². The number of urea groups is 1. The largest absolute Gasteiger partial charge is 0.445 e. The van der Waals surface area contributed by atoms with E-state index < -0.39 is 42.4 Å². The summed E-state index contributed by atoms with van der Waals surface area (Å²) in [5.74, 6) is -1.51. The molecule has 10 N–H and O–H groups in total. The van der Waals surface area contributed by atoms with E-state index in [9.17, 15) is 24.0 Å². The van der Waals surface area contributed by atoms with Crippen LogP contribution in [0.25, 0.3) is 0 Å². The van der Waals surface area contributed by atoms with Crippen LogP contribution in [-0.4, -0.2) is 109 Å². The molecule has 6 amide bonds. The molecule has 0 radical (unpaired) electrons. The highest BCUT2D eigenvalue weighted by atomic mass is 16.6. The summed E-state index contributed by atoms with van der Waals surface area (Å²) in [6, 6.07) is 4.04. The van der Waals surface area contributed by atoms with E-state index in [0.29, 0.717) is 30.6 Å². The Balaban J connectivity index is 2.82. The quantitative estimate of drug-likeness (QED) is 0.0652. The lowest BCUT2D eigenvalue weighted by Crippen LogP contribution is -2.54. The van der Waals surface area contributed by atoms with E-state index in [1.807, 2.05) is 0 Å². The Kier molecular flexibility index (Phi) is 18.9. The molecule has 46 heavy (non-hydrogen) atoms. The van der Waals surface area contributed by atoms with Gasteiger partial charge in [-0.2, -0.15) is 0 Å². The standard InChI is InChI=1S/C30H52N8O8/c1-20(2)25(36-24(39)10-6-5-7-15-31)27(41)35-23(9-8-16-33-28(32)42)26(40)34-22-13-11-21(12-14-22)19-46-30(45)38(4)18-17-37(3)29(43)44/h11-14,20,23,25,29,43-44H,5-10,15-19,31H2,1-4H3,(H,34,40)(H,35,41)(H,36,39)(H3,32,33,42)/t23-,25-/m1/s1. The van der Waals surface area contributed by atoms with Crippen LogP contribution in [0.3, 0.4) is 0 Å². The molecule has 16 heteroatoms. The Morgan fingerprint density at radius 3 is 2.17 bits per heavy atom. The molecule has 0 bridgehead atoms. The third kappa shape index (κ3) is 16.4. The molecule has 2 atom stereocenters. The number of carbonyl (C=O) groups is 5. The van der Waals surface area contributed by atoms with Gasteiger partial charge in [-0.1, -0.05) is 32.4 Å². The molecule has 0 aliphatic rings. The second-order valence-corrected chi connectivity index (χ2v) is 11.4. The number of ether oxygens (including phenoxy) is 1. The normalized spacial score (nSPS) is 12.4. The van der Waals surface area contributed by atoms with E-state index in [0.717, 1.165) is 12.8 Å². The molecule has 1 rings (SSSR count). The van der Waals surface area contributed by atoms with Crippen LogP contribution in [0, 0.1) is 5.92 Å². The summed E-state index contributed by atoms with van der Waals surface area (Å²) >= 11 is 0. The molecule has 0 aromatic heterocycles. The van der Waals surface area contributed by atoms with Crippen molar-refractivity contribution in [3.63, 3.8) is 0 Å². The first-order chi connectivity index (χ1) is 21.7. The molecule has 0 spiro atoms. The molecule has 0 heterocycles. The van der Waals surface area contributed by atoms with Crippen LogP contribution in [0.5, 0.6) is 0 Å². The minimum Gasteiger partial charge on any atom is -0.445 e. The summed E-state index contributed by atoms with van der Waals surface area (Å²) in [6.45, 7) is 4.75. The lowest BCUT2D eigenvalue weighted by atomic mass is 10.0. The van der Waals surface area contributed by atoms with Crippen molar-refractivity contribution in [2.24, 2.45) is 17.4 Å². The number of rotatable bonds is 21. The molecule has 0 unspecified atom stereocenters. The SMILES string of the molecule is CC(C)[C@@H](NC(=O)CCCCCN)C(=O)N[C@H](CCCNC(N)=O)C(=O)Nc1ccc(COC(=O)N(C)CCN(C)C(O)O)cc1. The molecular formula is C30H52N8O8. The minimum absolute atomic E-state index is 0.0310. The van der Waals surface area contributed by atoms with Gasteiger partial charge in [0.15, 0.2) is 0 Å². The molecule has 1 aromatic rings. The predicted octanol–water partition coefficient (Wildman–Crippen LogP) is -0.0133. The van der Waals surface area contributed by atoms with E-state index in [2.05, 4.69) is 21.3 Å². The number of likely N-dealkylation sites (N-methyl/N-ethyl adjacent to an activating group) is 2. The number of anilines is 1. The van der Waals surface area contributed by atoms with Gasteiger partial charge < -0.3 is 52.6 Å². The molecule has 0 aliphatic carbocycles. The number of primary amides is 1. The number of unbranched alkanes of at least 4 members (excludes halogenated alkanes) is 2. The van der Waals surface area contributed by atoms with Crippen LogP contribution >= 0.6 is 0 Å². The average Bonchev–Trinajstić information content (AvgIpc) is 3.00. The topological polar surface area (TPSA) is 242 Å². The number of hydrogen-bond acceptors (Lipinski definition) is 10. The zero-order valence-corrected chi connectivity index (χ0v) is 27.3. The minimum atomic E-state index is -1.62. The number of nitrogens with two attached hydrogens (primary N) is 2. The maximum Gasteiger partial charge on any atom is 0.409 e. The molecule has 0 aliphatic heterocycles. The van der Waals surface area contributed by atoms with E-state index in [1.165, 1.54) is 23.9 Å².